The zero-order valence-electron chi connectivity index (χ0n) is 9.55. The van der Waals surface area contributed by atoms with Crippen molar-refractivity contribution in [1.82, 2.24) is 0 Å². The van der Waals surface area contributed by atoms with Gasteiger partial charge in [0.25, 0.3) is 0 Å². The van der Waals surface area contributed by atoms with Gasteiger partial charge in [0.2, 0.25) is 0 Å². The summed E-state index contributed by atoms with van der Waals surface area (Å²) in [5.41, 5.74) is 0. The minimum atomic E-state index is 0.455. The topological polar surface area (TPSA) is 9.23 Å². The van der Waals surface area contributed by atoms with Crippen LogP contribution in [0.4, 0.5) is 0 Å². The summed E-state index contributed by atoms with van der Waals surface area (Å²) in [5, 5.41) is 0. The quantitative estimate of drug-likeness (QED) is 0.648. The molecule has 78 valence electrons. The molecule has 1 nitrogen and oxygen atoms in total. The fraction of sp³-hybridized carbons (Fsp3) is 1.00. The molecule has 3 atom stereocenters. The van der Waals surface area contributed by atoms with Crippen LogP contribution in [0.2, 0.25) is 0 Å². The van der Waals surface area contributed by atoms with E-state index in [0.717, 1.165) is 18.3 Å². The maximum atomic E-state index is 5.94. The predicted octanol–water partition coefficient (Wildman–Crippen LogP) is 3.63. The van der Waals surface area contributed by atoms with Gasteiger partial charge in [0.05, 0.1) is 12.2 Å². The Kier molecular flexibility index (Phi) is 4.24. The largest absolute Gasteiger partial charge is 0.375 e. The molecule has 0 heterocycles. The monoisotopic (exact) mass is 184 g/mol. The lowest BCUT2D eigenvalue weighted by Gasteiger charge is -2.18. The summed E-state index contributed by atoms with van der Waals surface area (Å²) in [5.74, 6) is 1.75. The molecule has 0 radical (unpaired) electrons. The van der Waals surface area contributed by atoms with E-state index in [4.69, 9.17) is 4.74 Å². The first kappa shape index (κ1) is 11.0. The fourth-order valence-electron chi connectivity index (χ4n) is 2.13. The summed E-state index contributed by atoms with van der Waals surface area (Å²) >= 11 is 0. The lowest BCUT2D eigenvalue weighted by Crippen LogP contribution is -2.17. The molecule has 0 aromatic carbocycles. The predicted molar refractivity (Wildman–Crippen MR) is 56.8 cm³/mol. The highest BCUT2D eigenvalue weighted by molar-refractivity contribution is 4.78. The van der Waals surface area contributed by atoms with E-state index >= 15 is 0 Å². The first-order valence-corrected chi connectivity index (χ1v) is 5.79. The third-order valence-corrected chi connectivity index (χ3v) is 3.37. The molecule has 0 aromatic rings. The average molecular weight is 184 g/mol. The van der Waals surface area contributed by atoms with Crippen LogP contribution in [0.25, 0.3) is 0 Å². The second-order valence-electron chi connectivity index (χ2n) is 4.79. The molecule has 1 saturated carbocycles. The van der Waals surface area contributed by atoms with Crippen LogP contribution in [-0.2, 0) is 4.74 Å². The van der Waals surface area contributed by atoms with E-state index < -0.39 is 0 Å². The smallest absolute Gasteiger partial charge is 0.0581 e. The molecule has 0 saturated heterocycles. The fourth-order valence-corrected chi connectivity index (χ4v) is 2.13. The Balaban J connectivity index is 2.25. The number of ether oxygens (including phenoxy) is 1. The van der Waals surface area contributed by atoms with Gasteiger partial charge in [-0.15, -0.1) is 0 Å². The van der Waals surface area contributed by atoms with E-state index in [1.165, 1.54) is 19.3 Å². The number of rotatable bonds is 4. The van der Waals surface area contributed by atoms with Crippen LogP contribution in [0.1, 0.15) is 53.4 Å². The zero-order chi connectivity index (χ0) is 9.84. The lowest BCUT2D eigenvalue weighted by molar-refractivity contribution is -0.00237. The summed E-state index contributed by atoms with van der Waals surface area (Å²) in [6, 6.07) is 0. The molecule has 0 amide bonds. The molecule has 0 aliphatic heterocycles. The van der Waals surface area contributed by atoms with Gasteiger partial charge in [-0.05, 0) is 44.4 Å². The molecule has 0 N–H and O–H groups in total. The van der Waals surface area contributed by atoms with Gasteiger partial charge in [-0.1, -0.05) is 20.8 Å². The van der Waals surface area contributed by atoms with Gasteiger partial charge < -0.3 is 4.74 Å². The van der Waals surface area contributed by atoms with Gasteiger partial charge in [0.15, 0.2) is 0 Å². The maximum absolute atomic E-state index is 5.94. The maximum Gasteiger partial charge on any atom is 0.0581 e. The van der Waals surface area contributed by atoms with E-state index in [0.29, 0.717) is 12.2 Å². The first-order valence-electron chi connectivity index (χ1n) is 5.79. The van der Waals surface area contributed by atoms with E-state index in [1.54, 1.807) is 0 Å². The third kappa shape index (κ3) is 3.30. The zero-order valence-corrected chi connectivity index (χ0v) is 9.55. The standard InChI is InChI=1S/C12H24O/c1-5-10(4)13-12-7-6-11(8-12)9(2)3/h9-12H,5-8H2,1-4H3/t10?,11?,12-/m0/s1. The molecule has 0 spiro atoms. The van der Waals surface area contributed by atoms with Crippen LogP contribution in [0.5, 0.6) is 0 Å². The Hall–Kier alpha value is -0.0400. The minimum absolute atomic E-state index is 0.455. The van der Waals surface area contributed by atoms with E-state index in [9.17, 15) is 0 Å². The van der Waals surface area contributed by atoms with Gasteiger partial charge in [0.1, 0.15) is 0 Å². The highest BCUT2D eigenvalue weighted by Crippen LogP contribution is 2.33. The molecule has 1 fully saturated rings. The van der Waals surface area contributed by atoms with Crippen molar-refractivity contribution in [3.8, 4) is 0 Å². The molecule has 2 unspecified atom stereocenters. The summed E-state index contributed by atoms with van der Waals surface area (Å²) in [6.45, 7) is 9.04. The Labute approximate surface area is 82.9 Å². The van der Waals surface area contributed by atoms with Crippen molar-refractivity contribution in [3.63, 3.8) is 0 Å². The highest BCUT2D eigenvalue weighted by atomic mass is 16.5. The Morgan fingerprint density at radius 1 is 1.23 bits per heavy atom. The molecular formula is C12H24O. The van der Waals surface area contributed by atoms with Gasteiger partial charge >= 0.3 is 0 Å². The SMILES string of the molecule is CCC(C)O[C@H]1CCC(C(C)C)C1. The Morgan fingerprint density at radius 2 is 1.92 bits per heavy atom. The highest BCUT2D eigenvalue weighted by Gasteiger charge is 2.27. The molecule has 1 aliphatic rings. The lowest BCUT2D eigenvalue weighted by atomic mass is 9.94. The first-order chi connectivity index (χ1) is 6.13. The van der Waals surface area contributed by atoms with Crippen LogP contribution < -0.4 is 0 Å². The summed E-state index contributed by atoms with van der Waals surface area (Å²) < 4.78 is 5.94. The van der Waals surface area contributed by atoms with E-state index in [-0.39, 0.29) is 0 Å². The van der Waals surface area contributed by atoms with Crippen molar-refractivity contribution in [2.45, 2.75) is 65.6 Å². The van der Waals surface area contributed by atoms with Crippen LogP contribution in [0.3, 0.4) is 0 Å². The summed E-state index contributed by atoms with van der Waals surface area (Å²) in [6.07, 6.45) is 6.11. The van der Waals surface area contributed by atoms with Crippen LogP contribution in [0, 0.1) is 11.8 Å². The molecule has 1 heteroatoms. The van der Waals surface area contributed by atoms with Gasteiger partial charge in [-0.25, -0.2) is 0 Å². The van der Waals surface area contributed by atoms with Gasteiger partial charge in [-0.2, -0.15) is 0 Å². The average Bonchev–Trinajstić information content (AvgIpc) is 2.52. The third-order valence-electron chi connectivity index (χ3n) is 3.37. The van der Waals surface area contributed by atoms with E-state index in [2.05, 4.69) is 27.7 Å². The normalized spacial score (nSPS) is 31.2. The van der Waals surface area contributed by atoms with Gasteiger partial charge in [-0.3, -0.25) is 0 Å². The molecule has 0 bridgehead atoms. The Bertz CT molecular complexity index is 142. The van der Waals surface area contributed by atoms with Crippen molar-refractivity contribution >= 4 is 0 Å². The Morgan fingerprint density at radius 3 is 2.38 bits per heavy atom. The van der Waals surface area contributed by atoms with Crippen LogP contribution in [-0.4, -0.2) is 12.2 Å². The van der Waals surface area contributed by atoms with E-state index in [1.807, 2.05) is 0 Å². The van der Waals surface area contributed by atoms with Gasteiger partial charge in [0, 0.05) is 0 Å². The second-order valence-corrected chi connectivity index (χ2v) is 4.79. The molecule has 1 rings (SSSR count). The van der Waals surface area contributed by atoms with Crippen LogP contribution in [0.15, 0.2) is 0 Å². The molecule has 13 heavy (non-hydrogen) atoms. The van der Waals surface area contributed by atoms with Crippen molar-refractivity contribution < 1.29 is 4.74 Å². The summed E-state index contributed by atoms with van der Waals surface area (Å²) in [7, 11) is 0. The van der Waals surface area contributed by atoms with Crippen molar-refractivity contribution in [1.29, 1.82) is 0 Å². The van der Waals surface area contributed by atoms with Crippen LogP contribution >= 0.6 is 0 Å². The number of hydrogen-bond acceptors (Lipinski definition) is 1. The van der Waals surface area contributed by atoms with Crippen molar-refractivity contribution in [2.24, 2.45) is 11.8 Å². The minimum Gasteiger partial charge on any atom is -0.375 e. The second kappa shape index (κ2) is 4.99. The molecule has 0 aromatic heterocycles. The summed E-state index contributed by atoms with van der Waals surface area (Å²) in [4.78, 5) is 0. The number of hydrogen-bond donors (Lipinski definition) is 0. The van der Waals surface area contributed by atoms with Crippen molar-refractivity contribution in [2.75, 3.05) is 0 Å². The molecular weight excluding hydrogens is 160 g/mol. The molecule has 1 aliphatic carbocycles. The van der Waals surface area contributed by atoms with Crippen molar-refractivity contribution in [3.05, 3.63) is 0 Å².